The normalized spacial score (nSPS) is 1.25. The summed E-state index contributed by atoms with van der Waals surface area (Å²) in [6, 6.07) is 0. The minimum atomic E-state index is 0. The predicted octanol–water partition coefficient (Wildman–Crippen LogP) is -1.24. The summed E-state index contributed by atoms with van der Waals surface area (Å²) in [5.41, 5.74) is 0. The van der Waals surface area contributed by atoms with Crippen molar-refractivity contribution in [2.45, 2.75) is 0 Å². The molecule has 0 aliphatic heterocycles. The summed E-state index contributed by atoms with van der Waals surface area (Å²) in [6.07, 6.45) is 0. The molecule has 4 heavy (non-hydrogen) atoms. The van der Waals surface area contributed by atoms with Crippen molar-refractivity contribution in [3.8, 4) is 0 Å². The minimum absolute atomic E-state index is 0. The van der Waals surface area contributed by atoms with Crippen molar-refractivity contribution in [1.82, 2.24) is 0 Å². The first kappa shape index (κ1) is 15.9. The summed E-state index contributed by atoms with van der Waals surface area (Å²) in [4.78, 5) is 0. The summed E-state index contributed by atoms with van der Waals surface area (Å²) in [5, 5.41) is 0. The van der Waals surface area contributed by atoms with Crippen molar-refractivity contribution in [2.75, 3.05) is 0 Å². The topological polar surface area (TPSA) is 0 Å². The van der Waals surface area contributed by atoms with E-state index in [0.29, 0.717) is 0 Å². The maximum atomic E-state index is 2.42. The molecule has 0 rings (SSSR count). The Balaban J connectivity index is -0.00000000500. The molecule has 0 radical (unpaired) electrons. The summed E-state index contributed by atoms with van der Waals surface area (Å²) in [6.45, 7) is 0. The van der Waals surface area contributed by atoms with Gasteiger partial charge in [0.1, 0.15) is 7.57 Å². The van der Waals surface area contributed by atoms with Gasteiger partial charge in [-0.25, -0.2) is 0 Å². The number of hydrogen-bond acceptors (Lipinski definition) is 0. The van der Waals surface area contributed by atoms with Gasteiger partial charge in [0.25, 0.3) is 0 Å². The molecule has 1 unspecified atom stereocenters. The molecule has 1 atom stereocenters. The van der Waals surface area contributed by atoms with E-state index in [9.17, 15) is 0 Å². The van der Waals surface area contributed by atoms with Crippen LogP contribution >= 0.6 is 9.12 Å². The molecule has 0 nitrogen and oxygen atoms in total. The number of hydrogen-bond donors (Lipinski definition) is 0. The molecule has 0 spiro atoms. The Morgan fingerprint density at radius 2 is 1.25 bits per heavy atom. The Morgan fingerprint density at radius 1 is 1.25 bits per heavy atom. The third-order valence-corrected chi connectivity index (χ3v) is 0. The van der Waals surface area contributed by atoms with Crippen LogP contribution in [-0.2, 0) is 17.1 Å². The van der Waals surface area contributed by atoms with E-state index >= 15 is 0 Å². The average Bonchev–Trinajstić information content (AvgIpc) is 1.00. The standard InChI is InChI=1S/BH4P.Fe.K.H/c1-2;;;/h1-2H2;;;. The fourth-order valence-corrected chi connectivity index (χ4v) is 0. The molecule has 0 bridgehead atoms. The zero-order valence-corrected chi connectivity index (χ0v) is 4.19. The summed E-state index contributed by atoms with van der Waals surface area (Å²) < 4.78 is 0. The van der Waals surface area contributed by atoms with Gasteiger partial charge in [-0.3, -0.25) is 0 Å². The van der Waals surface area contributed by atoms with E-state index in [1.807, 2.05) is 7.57 Å². The van der Waals surface area contributed by atoms with Crippen LogP contribution in [0.15, 0.2) is 0 Å². The van der Waals surface area contributed by atoms with E-state index < -0.39 is 0 Å². The predicted molar refractivity (Wildman–Crippen MR) is 25.4 cm³/mol. The van der Waals surface area contributed by atoms with Gasteiger partial charge in [0.05, 0.1) is 0 Å². The first-order chi connectivity index (χ1) is 1.00. The second kappa shape index (κ2) is 17.4. The Bertz CT molecular complexity index is 8.00. The molecular formula is H5BFeKP. The van der Waals surface area contributed by atoms with Crippen LogP contribution in [0.4, 0.5) is 0 Å². The SMILES string of the molecule is BP.[Fe].[KH]. The van der Waals surface area contributed by atoms with Gasteiger partial charge in [-0.1, -0.05) is 0 Å². The van der Waals surface area contributed by atoms with Crippen LogP contribution in [0.2, 0.25) is 0 Å². The van der Waals surface area contributed by atoms with Crippen molar-refractivity contribution in [1.29, 1.82) is 0 Å². The monoisotopic (exact) mass is 142 g/mol. The van der Waals surface area contributed by atoms with E-state index in [2.05, 4.69) is 9.12 Å². The Morgan fingerprint density at radius 3 is 1.25 bits per heavy atom. The van der Waals surface area contributed by atoms with Gasteiger partial charge in [-0.15, -0.1) is 0 Å². The first-order valence-corrected chi connectivity index (χ1v) is 1.73. The van der Waals surface area contributed by atoms with E-state index in [1.54, 1.807) is 0 Å². The molecule has 0 amide bonds. The second-order valence-electron chi connectivity index (χ2n) is 0. The van der Waals surface area contributed by atoms with Gasteiger partial charge in [0.2, 0.25) is 0 Å². The van der Waals surface area contributed by atoms with Crippen molar-refractivity contribution in [2.24, 2.45) is 0 Å². The fourth-order valence-electron chi connectivity index (χ4n) is 0. The van der Waals surface area contributed by atoms with Gasteiger partial charge in [0, 0.05) is 17.1 Å². The summed E-state index contributed by atoms with van der Waals surface area (Å²) in [5.74, 6) is 0. The second-order valence-corrected chi connectivity index (χ2v) is 0. The van der Waals surface area contributed by atoms with E-state index in [0.717, 1.165) is 0 Å². The molecule has 0 fully saturated rings. The van der Waals surface area contributed by atoms with Gasteiger partial charge in [-0.05, 0) is 0 Å². The van der Waals surface area contributed by atoms with Crippen LogP contribution in [0.1, 0.15) is 0 Å². The number of rotatable bonds is 0. The van der Waals surface area contributed by atoms with Crippen LogP contribution in [0, 0.1) is 0 Å². The zero-order valence-electron chi connectivity index (χ0n) is 1.93. The third-order valence-electron chi connectivity index (χ3n) is 0. The Labute approximate surface area is 83.3 Å². The van der Waals surface area contributed by atoms with Crippen molar-refractivity contribution < 1.29 is 17.1 Å². The van der Waals surface area contributed by atoms with Crippen LogP contribution < -0.4 is 0 Å². The summed E-state index contributed by atoms with van der Waals surface area (Å²) >= 11 is 0. The van der Waals surface area contributed by atoms with Gasteiger partial charge in [0.15, 0.2) is 0 Å². The van der Waals surface area contributed by atoms with Gasteiger partial charge >= 0.3 is 51.4 Å². The van der Waals surface area contributed by atoms with Crippen LogP contribution in [0.25, 0.3) is 0 Å². The van der Waals surface area contributed by atoms with Crippen molar-refractivity contribution in [3.63, 3.8) is 0 Å². The quantitative estimate of drug-likeness (QED) is 0.293. The molecule has 0 saturated carbocycles. The third kappa shape index (κ3) is 8.82. The maximum absolute atomic E-state index is 2.42. The molecule has 0 aromatic rings. The Hall–Kier alpha value is 2.65. The first-order valence-electron chi connectivity index (χ1n) is 0.577. The molecule has 0 aromatic carbocycles. The van der Waals surface area contributed by atoms with Crippen LogP contribution in [-0.4, -0.2) is 59.0 Å². The molecule has 0 heterocycles. The van der Waals surface area contributed by atoms with E-state index in [1.165, 1.54) is 0 Å². The molecule has 0 aromatic heterocycles. The van der Waals surface area contributed by atoms with Crippen LogP contribution in [0.5, 0.6) is 0 Å². The molecular weight excluding hydrogens is 137 g/mol. The average molecular weight is 142 g/mol. The summed E-state index contributed by atoms with van der Waals surface area (Å²) in [7, 11) is 4.33. The fraction of sp³-hybridized carbons (Fsp3) is 0. The van der Waals surface area contributed by atoms with Crippen LogP contribution in [0.3, 0.4) is 0 Å². The molecule has 22 valence electrons. The van der Waals surface area contributed by atoms with E-state index in [-0.39, 0.29) is 68.5 Å². The zero-order chi connectivity index (χ0) is 2.00. The van der Waals surface area contributed by atoms with Crippen molar-refractivity contribution >= 4 is 68.1 Å². The van der Waals surface area contributed by atoms with Crippen molar-refractivity contribution in [3.05, 3.63) is 0 Å². The molecule has 0 N–H and O–H groups in total. The van der Waals surface area contributed by atoms with Gasteiger partial charge in [-0.2, -0.15) is 9.12 Å². The van der Waals surface area contributed by atoms with E-state index in [4.69, 9.17) is 0 Å². The molecule has 0 aliphatic carbocycles. The molecule has 4 heteroatoms. The molecule has 0 aliphatic rings. The Kier molecular flexibility index (Phi) is 69.3. The van der Waals surface area contributed by atoms with Gasteiger partial charge < -0.3 is 0 Å². The molecule has 0 saturated heterocycles.